The van der Waals surface area contributed by atoms with Gasteiger partial charge in [-0.2, -0.15) is 0 Å². The maximum absolute atomic E-state index is 12.9. The molecule has 35 heavy (non-hydrogen) atoms. The second-order valence-electron chi connectivity index (χ2n) is 9.03. The fourth-order valence-electron chi connectivity index (χ4n) is 4.40. The van der Waals surface area contributed by atoms with Crippen LogP contribution in [0.5, 0.6) is 28.7 Å². The number of phenolic OH excluding ortho intramolecular Hbond substituents is 2. The second kappa shape index (κ2) is 10.1. The molecule has 1 aliphatic rings. The van der Waals surface area contributed by atoms with Gasteiger partial charge in [0.2, 0.25) is 0 Å². The van der Waals surface area contributed by atoms with Gasteiger partial charge in [0.25, 0.3) is 0 Å². The third kappa shape index (κ3) is 5.21. The van der Waals surface area contributed by atoms with Crippen LogP contribution in [0.2, 0.25) is 0 Å². The Morgan fingerprint density at radius 2 is 1.71 bits per heavy atom. The molecule has 3 aromatic carbocycles. The van der Waals surface area contributed by atoms with Crippen LogP contribution in [0.15, 0.2) is 66.7 Å². The van der Waals surface area contributed by atoms with Gasteiger partial charge < -0.3 is 19.7 Å². The molecule has 182 valence electrons. The Labute approximate surface area is 208 Å². The predicted molar refractivity (Wildman–Crippen MR) is 138 cm³/mol. The number of hydrogen-bond donors (Lipinski definition) is 2. The fourth-order valence-corrected chi connectivity index (χ4v) is 5.57. The van der Waals surface area contributed by atoms with E-state index in [0.29, 0.717) is 18.1 Å². The van der Waals surface area contributed by atoms with Crippen LogP contribution in [0.25, 0.3) is 20.5 Å². The first-order chi connectivity index (χ1) is 17.0. The Morgan fingerprint density at radius 1 is 1.00 bits per heavy atom. The summed E-state index contributed by atoms with van der Waals surface area (Å²) in [6.07, 6.45) is 0.913. The molecule has 0 spiro atoms. The number of thiophene rings is 1. The van der Waals surface area contributed by atoms with Crippen molar-refractivity contribution < 1.29 is 24.1 Å². The molecule has 2 unspecified atom stereocenters. The average molecular weight is 494 g/mol. The highest BCUT2D eigenvalue weighted by Crippen LogP contribution is 2.47. The van der Waals surface area contributed by atoms with Gasteiger partial charge in [0.1, 0.15) is 29.6 Å². The lowest BCUT2D eigenvalue weighted by Gasteiger charge is -2.24. The van der Waals surface area contributed by atoms with E-state index in [1.54, 1.807) is 24.3 Å². The molecule has 2 heterocycles. The highest BCUT2D eigenvalue weighted by molar-refractivity contribution is 7.22. The lowest BCUT2D eigenvalue weighted by atomic mass is 10.1. The summed E-state index contributed by atoms with van der Waals surface area (Å²) in [5, 5.41) is 20.5. The molecule has 1 saturated heterocycles. The number of halogens is 1. The van der Waals surface area contributed by atoms with Crippen molar-refractivity contribution in [2.45, 2.75) is 19.4 Å². The van der Waals surface area contributed by atoms with Crippen LogP contribution in [-0.4, -0.2) is 47.5 Å². The van der Waals surface area contributed by atoms with Gasteiger partial charge >= 0.3 is 0 Å². The van der Waals surface area contributed by atoms with Gasteiger partial charge in [-0.05, 0) is 92.2 Å². The maximum atomic E-state index is 12.9. The van der Waals surface area contributed by atoms with Crippen molar-refractivity contribution in [1.29, 1.82) is 0 Å². The summed E-state index contributed by atoms with van der Waals surface area (Å²) in [5.74, 6) is 2.68. The fraction of sp³-hybridized carbons (Fsp3) is 0.286. The van der Waals surface area contributed by atoms with Gasteiger partial charge in [0.05, 0.1) is 11.6 Å². The molecule has 2 atom stereocenters. The molecular formula is C28H28FNO4S. The van der Waals surface area contributed by atoms with Gasteiger partial charge in [-0.1, -0.05) is 0 Å². The first kappa shape index (κ1) is 23.5. The molecular weight excluding hydrogens is 465 g/mol. The number of rotatable bonds is 8. The van der Waals surface area contributed by atoms with Gasteiger partial charge in [0, 0.05) is 28.6 Å². The quantitative estimate of drug-likeness (QED) is 0.282. The van der Waals surface area contributed by atoms with Crippen LogP contribution in [0.3, 0.4) is 0 Å². The van der Waals surface area contributed by atoms with E-state index in [-0.39, 0.29) is 30.1 Å². The Bertz CT molecular complexity index is 1290. The lowest BCUT2D eigenvalue weighted by molar-refractivity contribution is 0.165. The number of fused-ring (bicyclic) bond motifs is 1. The zero-order valence-electron chi connectivity index (χ0n) is 19.5. The lowest BCUT2D eigenvalue weighted by Crippen LogP contribution is -2.35. The van der Waals surface area contributed by atoms with Crippen molar-refractivity contribution in [2.24, 2.45) is 5.92 Å². The summed E-state index contributed by atoms with van der Waals surface area (Å²) in [4.78, 5) is 3.20. The molecule has 5 rings (SSSR count). The molecule has 0 amide bonds. The van der Waals surface area contributed by atoms with E-state index in [4.69, 9.17) is 9.47 Å². The molecule has 1 fully saturated rings. The predicted octanol–water partition coefficient (Wildman–Crippen LogP) is 6.83. The van der Waals surface area contributed by atoms with Crippen molar-refractivity contribution in [1.82, 2.24) is 4.90 Å². The van der Waals surface area contributed by atoms with Crippen molar-refractivity contribution in [2.75, 3.05) is 26.4 Å². The highest BCUT2D eigenvalue weighted by atomic mass is 32.1. The van der Waals surface area contributed by atoms with Gasteiger partial charge in [-0.25, -0.2) is 0 Å². The Kier molecular flexibility index (Phi) is 6.79. The topological polar surface area (TPSA) is 62.2 Å². The largest absolute Gasteiger partial charge is 0.508 e. The van der Waals surface area contributed by atoms with E-state index in [0.717, 1.165) is 45.8 Å². The molecule has 0 saturated carbocycles. The highest BCUT2D eigenvalue weighted by Gasteiger charge is 2.26. The van der Waals surface area contributed by atoms with Gasteiger partial charge in [-0.15, -0.1) is 11.3 Å². The summed E-state index contributed by atoms with van der Waals surface area (Å²) in [6.45, 7) is 4.12. The van der Waals surface area contributed by atoms with Gasteiger partial charge in [0.15, 0.2) is 5.75 Å². The summed E-state index contributed by atoms with van der Waals surface area (Å²) in [7, 11) is 0. The monoisotopic (exact) mass is 493 g/mol. The molecule has 1 aliphatic heterocycles. The number of benzene rings is 3. The standard InChI is InChI=1S/C28H28FNO4S/c1-18(30-13-12-19(15-29)16-30)17-33-23-7-9-24(10-8-23)34-27-25-11-6-22(32)14-26(25)35-28(27)20-2-4-21(31)5-3-20/h2-11,14,18-19,31-32H,12-13,15-17H2,1H3. The Balaban J connectivity index is 1.32. The summed E-state index contributed by atoms with van der Waals surface area (Å²) in [6, 6.07) is 20.0. The van der Waals surface area contributed by atoms with Crippen molar-refractivity contribution in [3.05, 3.63) is 66.7 Å². The van der Waals surface area contributed by atoms with E-state index in [9.17, 15) is 14.6 Å². The zero-order chi connectivity index (χ0) is 24.4. The van der Waals surface area contributed by atoms with E-state index >= 15 is 0 Å². The summed E-state index contributed by atoms with van der Waals surface area (Å²) in [5.41, 5.74) is 0.921. The third-order valence-corrected chi connectivity index (χ3v) is 7.63. The zero-order valence-corrected chi connectivity index (χ0v) is 20.3. The van der Waals surface area contributed by atoms with E-state index < -0.39 is 0 Å². The number of likely N-dealkylation sites (tertiary alicyclic amines) is 1. The Hall–Kier alpha value is -3.29. The molecule has 4 aromatic rings. The SMILES string of the molecule is CC(COc1ccc(Oc2c(-c3ccc(O)cc3)sc3cc(O)ccc23)cc1)N1CCC(CF)C1. The van der Waals surface area contributed by atoms with E-state index in [1.165, 1.54) is 11.3 Å². The summed E-state index contributed by atoms with van der Waals surface area (Å²) >= 11 is 1.53. The first-order valence-corrected chi connectivity index (χ1v) is 12.6. The molecule has 0 radical (unpaired) electrons. The second-order valence-corrected chi connectivity index (χ2v) is 10.1. The summed E-state index contributed by atoms with van der Waals surface area (Å²) < 4.78 is 26.1. The van der Waals surface area contributed by atoms with Crippen LogP contribution >= 0.6 is 11.3 Å². The minimum absolute atomic E-state index is 0.150. The van der Waals surface area contributed by atoms with Crippen LogP contribution in [0, 0.1) is 5.92 Å². The Morgan fingerprint density at radius 3 is 2.43 bits per heavy atom. The number of phenols is 2. The maximum Gasteiger partial charge on any atom is 0.153 e. The molecule has 5 nitrogen and oxygen atoms in total. The molecule has 0 aliphatic carbocycles. The minimum atomic E-state index is -0.249. The molecule has 1 aromatic heterocycles. The normalized spacial score (nSPS) is 17.0. The van der Waals surface area contributed by atoms with E-state index in [1.807, 2.05) is 42.5 Å². The number of ether oxygens (including phenoxy) is 2. The smallest absolute Gasteiger partial charge is 0.153 e. The van der Waals surface area contributed by atoms with Crippen LogP contribution in [0.4, 0.5) is 4.39 Å². The number of aromatic hydroxyl groups is 2. The average Bonchev–Trinajstić information content (AvgIpc) is 3.49. The van der Waals surface area contributed by atoms with Crippen molar-refractivity contribution in [3.63, 3.8) is 0 Å². The molecule has 2 N–H and O–H groups in total. The third-order valence-electron chi connectivity index (χ3n) is 6.45. The number of nitrogens with zero attached hydrogens (tertiary/aromatic N) is 1. The number of alkyl halides is 1. The van der Waals surface area contributed by atoms with Crippen LogP contribution in [-0.2, 0) is 0 Å². The van der Waals surface area contributed by atoms with Crippen molar-refractivity contribution in [3.8, 4) is 39.2 Å². The van der Waals surface area contributed by atoms with Crippen molar-refractivity contribution >= 4 is 21.4 Å². The van der Waals surface area contributed by atoms with Crippen LogP contribution < -0.4 is 9.47 Å². The van der Waals surface area contributed by atoms with Gasteiger partial charge in [-0.3, -0.25) is 9.29 Å². The molecule has 7 heteroatoms. The first-order valence-electron chi connectivity index (χ1n) is 11.8. The number of hydrogen-bond acceptors (Lipinski definition) is 6. The molecule has 0 bridgehead atoms. The minimum Gasteiger partial charge on any atom is -0.508 e. The van der Waals surface area contributed by atoms with Crippen LogP contribution in [0.1, 0.15) is 13.3 Å². The van der Waals surface area contributed by atoms with E-state index in [2.05, 4.69) is 11.8 Å².